The lowest BCUT2D eigenvalue weighted by Gasteiger charge is -2.31. The Balaban J connectivity index is 1.69. The van der Waals surface area contributed by atoms with Crippen LogP contribution in [-0.2, 0) is 11.8 Å². The molecular weight excluding hydrogens is 256 g/mol. The average molecular weight is 280 g/mol. The van der Waals surface area contributed by atoms with Crippen LogP contribution < -0.4 is 5.69 Å². The largest absolute Gasteiger partial charge is 0.383 e. The van der Waals surface area contributed by atoms with E-state index < -0.39 is 0 Å². The number of aromatic nitrogens is 3. The molecule has 0 amide bonds. The highest BCUT2D eigenvalue weighted by molar-refractivity contribution is 5.04. The first-order chi connectivity index (χ1) is 9.70. The fraction of sp³-hybridized carbons (Fsp3) is 0.857. The Kier molecular flexibility index (Phi) is 3.94. The van der Waals surface area contributed by atoms with Gasteiger partial charge in [0.05, 0.1) is 6.61 Å². The van der Waals surface area contributed by atoms with Gasteiger partial charge in [-0.15, -0.1) is 0 Å². The molecule has 6 nitrogen and oxygen atoms in total. The van der Waals surface area contributed by atoms with Gasteiger partial charge in [-0.3, -0.25) is 4.57 Å². The van der Waals surface area contributed by atoms with Crippen LogP contribution in [0, 0.1) is 0 Å². The van der Waals surface area contributed by atoms with Gasteiger partial charge in [0.2, 0.25) is 0 Å². The predicted molar refractivity (Wildman–Crippen MR) is 76.0 cm³/mol. The van der Waals surface area contributed by atoms with Crippen LogP contribution >= 0.6 is 0 Å². The molecule has 1 saturated carbocycles. The van der Waals surface area contributed by atoms with Crippen molar-refractivity contribution in [3.05, 3.63) is 16.3 Å². The van der Waals surface area contributed by atoms with Gasteiger partial charge in [-0.1, -0.05) is 0 Å². The van der Waals surface area contributed by atoms with Gasteiger partial charge >= 0.3 is 5.69 Å². The molecule has 2 heterocycles. The molecule has 1 aliphatic carbocycles. The van der Waals surface area contributed by atoms with Gasteiger partial charge in [0.15, 0.2) is 0 Å². The van der Waals surface area contributed by atoms with E-state index in [1.54, 1.807) is 14.2 Å². The lowest BCUT2D eigenvalue weighted by molar-refractivity contribution is 0.129. The molecule has 2 aliphatic rings. The third-order valence-corrected chi connectivity index (χ3v) is 4.46. The van der Waals surface area contributed by atoms with Gasteiger partial charge in [0.1, 0.15) is 5.82 Å². The number of piperidine rings is 1. The molecule has 0 radical (unpaired) electrons. The molecule has 1 aromatic heterocycles. The molecule has 1 aromatic rings. The minimum absolute atomic E-state index is 0.0595. The molecule has 0 N–H and O–H groups in total. The van der Waals surface area contributed by atoms with Crippen molar-refractivity contribution in [3.63, 3.8) is 0 Å². The zero-order valence-corrected chi connectivity index (χ0v) is 12.4. The summed E-state index contributed by atoms with van der Waals surface area (Å²) < 4.78 is 8.59. The molecule has 112 valence electrons. The van der Waals surface area contributed by atoms with E-state index in [2.05, 4.69) is 10.00 Å². The van der Waals surface area contributed by atoms with E-state index in [0.29, 0.717) is 12.0 Å². The Bertz CT molecular complexity index is 510. The zero-order chi connectivity index (χ0) is 14.1. The highest BCUT2D eigenvalue weighted by Gasteiger charge is 2.33. The topological polar surface area (TPSA) is 52.3 Å². The molecule has 0 spiro atoms. The highest BCUT2D eigenvalue weighted by atomic mass is 16.5. The van der Waals surface area contributed by atoms with Gasteiger partial charge in [-0.2, -0.15) is 5.10 Å². The second-order valence-electron chi connectivity index (χ2n) is 5.97. The van der Waals surface area contributed by atoms with E-state index in [0.717, 1.165) is 57.7 Å². The van der Waals surface area contributed by atoms with Crippen LogP contribution in [0.2, 0.25) is 0 Å². The number of rotatable bonds is 5. The number of methoxy groups -OCH3 is 1. The van der Waals surface area contributed by atoms with Gasteiger partial charge in [0.25, 0.3) is 0 Å². The lowest BCUT2D eigenvalue weighted by Crippen LogP contribution is -2.36. The fourth-order valence-corrected chi connectivity index (χ4v) is 3.09. The van der Waals surface area contributed by atoms with Crippen LogP contribution in [0.1, 0.15) is 43.5 Å². The van der Waals surface area contributed by atoms with E-state index in [4.69, 9.17) is 4.74 Å². The molecule has 20 heavy (non-hydrogen) atoms. The standard InChI is InChI=1S/C14H24N4O2/c1-16-14(19)18(12-3-4-12)13(15-16)11-5-7-17(8-6-11)9-10-20-2/h11-12H,3-10H2,1-2H3. The summed E-state index contributed by atoms with van der Waals surface area (Å²) >= 11 is 0. The number of hydrogen-bond acceptors (Lipinski definition) is 4. The second-order valence-corrected chi connectivity index (χ2v) is 5.97. The van der Waals surface area contributed by atoms with Crippen LogP contribution in [0.4, 0.5) is 0 Å². The summed E-state index contributed by atoms with van der Waals surface area (Å²) in [5.41, 5.74) is 0.0595. The van der Waals surface area contributed by atoms with Crippen LogP contribution in [0.25, 0.3) is 0 Å². The average Bonchev–Trinajstić information content (AvgIpc) is 3.25. The van der Waals surface area contributed by atoms with E-state index in [1.807, 2.05) is 4.57 Å². The summed E-state index contributed by atoms with van der Waals surface area (Å²) in [4.78, 5) is 14.6. The van der Waals surface area contributed by atoms with Crippen molar-refractivity contribution in [1.29, 1.82) is 0 Å². The third kappa shape index (κ3) is 2.67. The van der Waals surface area contributed by atoms with E-state index in [-0.39, 0.29) is 5.69 Å². The fourth-order valence-electron chi connectivity index (χ4n) is 3.09. The Morgan fingerprint density at radius 2 is 1.95 bits per heavy atom. The minimum Gasteiger partial charge on any atom is -0.383 e. The minimum atomic E-state index is 0.0595. The molecule has 2 fully saturated rings. The number of likely N-dealkylation sites (tertiary alicyclic amines) is 1. The van der Waals surface area contributed by atoms with Gasteiger partial charge < -0.3 is 9.64 Å². The number of nitrogens with zero attached hydrogens (tertiary/aromatic N) is 4. The predicted octanol–water partition coefficient (Wildman–Crippen LogP) is 0.742. The summed E-state index contributed by atoms with van der Waals surface area (Å²) in [5, 5.41) is 4.51. The second kappa shape index (κ2) is 5.69. The Hall–Kier alpha value is -1.14. The summed E-state index contributed by atoms with van der Waals surface area (Å²) in [6.45, 7) is 3.94. The van der Waals surface area contributed by atoms with Crippen molar-refractivity contribution in [1.82, 2.24) is 19.2 Å². The molecule has 0 atom stereocenters. The third-order valence-electron chi connectivity index (χ3n) is 4.46. The first-order valence-electron chi connectivity index (χ1n) is 7.57. The molecule has 0 aromatic carbocycles. The molecular formula is C14H24N4O2. The van der Waals surface area contributed by atoms with E-state index >= 15 is 0 Å². The monoisotopic (exact) mass is 280 g/mol. The molecule has 0 unspecified atom stereocenters. The summed E-state index contributed by atoms with van der Waals surface area (Å²) in [6, 6.07) is 0.415. The normalized spacial score (nSPS) is 21.5. The van der Waals surface area contributed by atoms with Crippen LogP contribution in [0.15, 0.2) is 4.79 Å². The Morgan fingerprint density at radius 3 is 2.55 bits per heavy atom. The Morgan fingerprint density at radius 1 is 1.25 bits per heavy atom. The maximum Gasteiger partial charge on any atom is 0.345 e. The summed E-state index contributed by atoms with van der Waals surface area (Å²) in [5.74, 6) is 1.45. The van der Waals surface area contributed by atoms with Crippen molar-refractivity contribution >= 4 is 0 Å². The summed E-state index contributed by atoms with van der Waals surface area (Å²) in [7, 11) is 3.51. The smallest absolute Gasteiger partial charge is 0.345 e. The first-order valence-corrected chi connectivity index (χ1v) is 7.57. The molecule has 3 rings (SSSR count). The number of ether oxygens (including phenoxy) is 1. The lowest BCUT2D eigenvalue weighted by atomic mass is 9.96. The van der Waals surface area contributed by atoms with Gasteiger partial charge in [-0.25, -0.2) is 9.48 Å². The van der Waals surface area contributed by atoms with Crippen LogP contribution in [0.5, 0.6) is 0 Å². The van der Waals surface area contributed by atoms with Crippen LogP contribution in [-0.4, -0.2) is 52.6 Å². The van der Waals surface area contributed by atoms with Crippen molar-refractivity contribution in [2.75, 3.05) is 33.4 Å². The maximum absolute atomic E-state index is 12.2. The van der Waals surface area contributed by atoms with E-state index in [1.165, 1.54) is 4.68 Å². The number of hydrogen-bond donors (Lipinski definition) is 0. The first kappa shape index (κ1) is 13.8. The number of aryl methyl sites for hydroxylation is 1. The van der Waals surface area contributed by atoms with Crippen LogP contribution in [0.3, 0.4) is 0 Å². The van der Waals surface area contributed by atoms with Crippen molar-refractivity contribution in [3.8, 4) is 0 Å². The zero-order valence-electron chi connectivity index (χ0n) is 12.4. The maximum atomic E-state index is 12.2. The molecule has 6 heteroatoms. The molecule has 1 saturated heterocycles. The van der Waals surface area contributed by atoms with Crippen molar-refractivity contribution in [2.45, 2.75) is 37.6 Å². The van der Waals surface area contributed by atoms with Crippen molar-refractivity contribution < 1.29 is 4.74 Å². The van der Waals surface area contributed by atoms with E-state index in [9.17, 15) is 4.79 Å². The Labute approximate surface area is 119 Å². The van der Waals surface area contributed by atoms with Crippen molar-refractivity contribution in [2.24, 2.45) is 7.05 Å². The summed E-state index contributed by atoms with van der Waals surface area (Å²) in [6.07, 6.45) is 4.44. The SMILES string of the molecule is COCCN1CCC(c2nn(C)c(=O)n2C2CC2)CC1. The highest BCUT2D eigenvalue weighted by Crippen LogP contribution is 2.37. The quantitative estimate of drug-likeness (QED) is 0.798. The van der Waals surface area contributed by atoms with Gasteiger partial charge in [-0.05, 0) is 38.8 Å². The molecule has 1 aliphatic heterocycles. The van der Waals surface area contributed by atoms with Gasteiger partial charge in [0, 0.05) is 32.7 Å². The molecule has 0 bridgehead atoms.